The van der Waals surface area contributed by atoms with E-state index < -0.39 is 11.7 Å². The van der Waals surface area contributed by atoms with Crippen molar-refractivity contribution in [2.24, 2.45) is 0 Å². The Morgan fingerprint density at radius 3 is 2.57 bits per heavy atom. The van der Waals surface area contributed by atoms with E-state index in [-0.39, 0.29) is 11.9 Å². The van der Waals surface area contributed by atoms with Crippen molar-refractivity contribution >= 4 is 17.5 Å². The third-order valence-corrected chi connectivity index (χ3v) is 6.08. The Hall–Kier alpha value is -1.34. The standard InChI is InChI=1S/C21H31ClN2O4/c1-15-14-16(4-5-17(15)22)28-21(2,3)20(26)24-8-6-18(19(25)7-9-24)23-10-12-27-13-11-23/h4-5,14,18-19,25H,6-13H2,1-3H3/t18-,19-/m0/s1. The van der Waals surface area contributed by atoms with E-state index in [1.54, 1.807) is 26.0 Å². The van der Waals surface area contributed by atoms with Crippen LogP contribution < -0.4 is 4.74 Å². The number of nitrogens with zero attached hydrogens (tertiary/aromatic N) is 2. The van der Waals surface area contributed by atoms with E-state index in [0.717, 1.165) is 25.1 Å². The van der Waals surface area contributed by atoms with Crippen molar-refractivity contribution in [3.05, 3.63) is 28.8 Å². The lowest BCUT2D eigenvalue weighted by Crippen LogP contribution is -2.50. The van der Waals surface area contributed by atoms with Gasteiger partial charge >= 0.3 is 0 Å². The monoisotopic (exact) mass is 410 g/mol. The minimum absolute atomic E-state index is 0.0602. The molecule has 6 nitrogen and oxygen atoms in total. The number of benzene rings is 1. The van der Waals surface area contributed by atoms with E-state index in [4.69, 9.17) is 21.1 Å². The number of hydrogen-bond acceptors (Lipinski definition) is 5. The molecule has 0 saturated carbocycles. The molecule has 28 heavy (non-hydrogen) atoms. The molecular weight excluding hydrogens is 380 g/mol. The second kappa shape index (κ2) is 8.99. The van der Waals surface area contributed by atoms with Crippen molar-refractivity contribution in [1.82, 2.24) is 9.80 Å². The summed E-state index contributed by atoms with van der Waals surface area (Å²) in [5.74, 6) is 0.566. The van der Waals surface area contributed by atoms with Gasteiger partial charge in [0.25, 0.3) is 5.91 Å². The molecule has 0 bridgehead atoms. The van der Waals surface area contributed by atoms with Crippen LogP contribution >= 0.6 is 11.6 Å². The largest absolute Gasteiger partial charge is 0.478 e. The highest BCUT2D eigenvalue weighted by Gasteiger charge is 2.38. The van der Waals surface area contributed by atoms with Gasteiger partial charge in [-0.25, -0.2) is 0 Å². The number of aliphatic hydroxyl groups excluding tert-OH is 1. The number of carbonyl (C=O) groups excluding carboxylic acids is 1. The summed E-state index contributed by atoms with van der Waals surface area (Å²) < 4.78 is 11.4. The van der Waals surface area contributed by atoms with Crippen molar-refractivity contribution < 1.29 is 19.4 Å². The lowest BCUT2D eigenvalue weighted by Gasteiger charge is -2.36. The third-order valence-electron chi connectivity index (χ3n) is 5.65. The molecule has 2 fully saturated rings. The number of aliphatic hydroxyl groups is 1. The zero-order chi connectivity index (χ0) is 20.3. The molecule has 2 aliphatic heterocycles. The Balaban J connectivity index is 1.64. The van der Waals surface area contributed by atoms with Gasteiger partial charge in [0.05, 0.1) is 19.3 Å². The highest BCUT2D eigenvalue weighted by molar-refractivity contribution is 6.31. The van der Waals surface area contributed by atoms with Crippen LogP contribution in [0, 0.1) is 6.92 Å². The molecule has 0 aromatic heterocycles. The first kappa shape index (κ1) is 21.4. The minimum atomic E-state index is -0.996. The Morgan fingerprint density at radius 1 is 1.21 bits per heavy atom. The number of carbonyl (C=O) groups is 1. The van der Waals surface area contributed by atoms with Gasteiger partial charge < -0.3 is 19.5 Å². The molecule has 156 valence electrons. The first-order valence-corrected chi connectivity index (χ1v) is 10.4. The van der Waals surface area contributed by atoms with Crippen molar-refractivity contribution in [3.8, 4) is 5.75 Å². The van der Waals surface area contributed by atoms with Crippen molar-refractivity contribution in [2.75, 3.05) is 39.4 Å². The molecule has 1 aromatic rings. The molecule has 2 atom stereocenters. The van der Waals surface area contributed by atoms with Crippen LogP contribution in [0.2, 0.25) is 5.02 Å². The number of ether oxygens (including phenoxy) is 2. The van der Waals surface area contributed by atoms with E-state index in [1.165, 1.54) is 0 Å². The van der Waals surface area contributed by atoms with Gasteiger partial charge in [-0.2, -0.15) is 0 Å². The van der Waals surface area contributed by atoms with Crippen LogP contribution in [0.3, 0.4) is 0 Å². The molecule has 0 spiro atoms. The van der Waals surface area contributed by atoms with Gasteiger partial charge in [0.15, 0.2) is 5.60 Å². The van der Waals surface area contributed by atoms with Gasteiger partial charge in [0.1, 0.15) is 5.75 Å². The summed E-state index contributed by atoms with van der Waals surface area (Å²) in [4.78, 5) is 17.3. The normalized spacial score (nSPS) is 24.7. The van der Waals surface area contributed by atoms with E-state index in [9.17, 15) is 9.90 Å². The predicted octanol–water partition coefficient (Wildman–Crippen LogP) is 2.49. The summed E-state index contributed by atoms with van der Waals surface area (Å²) in [7, 11) is 0. The quantitative estimate of drug-likeness (QED) is 0.826. The van der Waals surface area contributed by atoms with Gasteiger partial charge in [-0.05, 0) is 57.4 Å². The van der Waals surface area contributed by atoms with Gasteiger partial charge in [0.2, 0.25) is 0 Å². The maximum atomic E-state index is 13.2. The molecule has 1 N–H and O–H groups in total. The zero-order valence-electron chi connectivity index (χ0n) is 17.0. The average Bonchev–Trinajstić information content (AvgIpc) is 2.86. The molecule has 2 aliphatic rings. The molecule has 0 radical (unpaired) electrons. The lowest BCUT2D eigenvalue weighted by atomic mass is 10.0. The Kier molecular flexibility index (Phi) is 6.86. The Labute approximate surface area is 172 Å². The highest BCUT2D eigenvalue weighted by atomic mass is 35.5. The maximum Gasteiger partial charge on any atom is 0.266 e. The van der Waals surface area contributed by atoms with Crippen molar-refractivity contribution in [2.45, 2.75) is 51.4 Å². The van der Waals surface area contributed by atoms with Gasteiger partial charge in [-0.15, -0.1) is 0 Å². The summed E-state index contributed by atoms with van der Waals surface area (Å²) in [6, 6.07) is 5.48. The molecule has 2 heterocycles. The van der Waals surface area contributed by atoms with Crippen LogP contribution in [0.1, 0.15) is 32.3 Å². The molecular formula is C21H31ClN2O4. The SMILES string of the molecule is Cc1cc(OC(C)(C)C(=O)N2CC[C@H](O)[C@@H](N3CCOCC3)CC2)ccc1Cl. The Bertz CT molecular complexity index is 691. The molecule has 0 aliphatic carbocycles. The van der Waals surface area contributed by atoms with Gasteiger partial charge in [-0.3, -0.25) is 9.69 Å². The number of amides is 1. The first-order chi connectivity index (χ1) is 13.3. The van der Waals surface area contributed by atoms with Crippen LogP contribution in [-0.4, -0.2) is 78.0 Å². The molecule has 0 unspecified atom stereocenters. The summed E-state index contributed by atoms with van der Waals surface area (Å²) >= 11 is 6.08. The fourth-order valence-electron chi connectivity index (χ4n) is 4.01. The fraction of sp³-hybridized carbons (Fsp3) is 0.667. The number of rotatable bonds is 4. The second-order valence-electron chi connectivity index (χ2n) is 8.18. The van der Waals surface area contributed by atoms with Crippen LogP contribution in [0.15, 0.2) is 18.2 Å². The molecule has 7 heteroatoms. The smallest absolute Gasteiger partial charge is 0.266 e. The van der Waals surface area contributed by atoms with Gasteiger partial charge in [-0.1, -0.05) is 11.6 Å². The number of aryl methyl sites for hydroxylation is 1. The van der Waals surface area contributed by atoms with Crippen molar-refractivity contribution in [1.29, 1.82) is 0 Å². The van der Waals surface area contributed by atoms with Crippen molar-refractivity contribution in [3.63, 3.8) is 0 Å². The number of morpholine rings is 1. The molecule has 1 amide bonds. The topological polar surface area (TPSA) is 62.2 Å². The molecule has 3 rings (SSSR count). The number of halogens is 1. The van der Waals surface area contributed by atoms with E-state index in [0.29, 0.717) is 43.5 Å². The minimum Gasteiger partial charge on any atom is -0.478 e. The summed E-state index contributed by atoms with van der Waals surface area (Å²) in [5.41, 5.74) is -0.0852. The lowest BCUT2D eigenvalue weighted by molar-refractivity contribution is -0.145. The zero-order valence-corrected chi connectivity index (χ0v) is 17.7. The fourth-order valence-corrected chi connectivity index (χ4v) is 4.13. The van der Waals surface area contributed by atoms with Gasteiger partial charge in [0, 0.05) is 37.2 Å². The number of hydrogen-bond donors (Lipinski definition) is 1. The van der Waals surface area contributed by atoms with Crippen LogP contribution in [0.4, 0.5) is 0 Å². The van der Waals surface area contributed by atoms with Crippen LogP contribution in [0.25, 0.3) is 0 Å². The number of likely N-dealkylation sites (tertiary alicyclic amines) is 1. The average molecular weight is 411 g/mol. The summed E-state index contributed by atoms with van der Waals surface area (Å²) in [6.07, 6.45) is 0.895. The van der Waals surface area contributed by atoms with E-state index >= 15 is 0 Å². The third kappa shape index (κ3) is 4.98. The van der Waals surface area contributed by atoms with E-state index in [2.05, 4.69) is 4.90 Å². The summed E-state index contributed by atoms with van der Waals surface area (Å²) in [5, 5.41) is 11.3. The van der Waals surface area contributed by atoms with E-state index in [1.807, 2.05) is 17.9 Å². The maximum absolute atomic E-state index is 13.2. The van der Waals surface area contributed by atoms with Crippen LogP contribution in [-0.2, 0) is 9.53 Å². The Morgan fingerprint density at radius 2 is 1.89 bits per heavy atom. The molecule has 1 aromatic carbocycles. The predicted molar refractivity (Wildman–Crippen MR) is 109 cm³/mol. The summed E-state index contributed by atoms with van der Waals surface area (Å²) in [6.45, 7) is 9.71. The van der Waals surface area contributed by atoms with Crippen LogP contribution in [0.5, 0.6) is 5.75 Å². The molecule has 2 saturated heterocycles. The second-order valence-corrected chi connectivity index (χ2v) is 8.58. The first-order valence-electron chi connectivity index (χ1n) is 10.0. The highest BCUT2D eigenvalue weighted by Crippen LogP contribution is 2.27.